The molecule has 0 spiro atoms. The number of esters is 2. The van der Waals surface area contributed by atoms with Crippen molar-refractivity contribution in [3.8, 4) is 35.2 Å². The molecule has 0 saturated carbocycles. The number of carbonyl (C=O) groups excluding carboxylic acids is 2. The van der Waals surface area contributed by atoms with Gasteiger partial charge in [0.25, 0.3) is 11.4 Å². The molecular formula is C42H28N4O8. The van der Waals surface area contributed by atoms with E-state index in [2.05, 4.69) is 23.7 Å². The Kier molecular flexibility index (Phi) is 12.1. The summed E-state index contributed by atoms with van der Waals surface area (Å²) in [6.07, 6.45) is 0. The van der Waals surface area contributed by atoms with E-state index in [4.69, 9.17) is 20.9 Å². The van der Waals surface area contributed by atoms with Gasteiger partial charge >= 0.3 is 11.9 Å². The third kappa shape index (κ3) is 10.9. The number of non-ortho nitro benzene ring substituents is 2. The molecule has 0 aliphatic rings. The van der Waals surface area contributed by atoms with Crippen molar-refractivity contribution >= 4 is 34.7 Å². The second-order valence-corrected chi connectivity index (χ2v) is 11.2. The van der Waals surface area contributed by atoms with Crippen molar-refractivity contribution in [2.75, 3.05) is 11.5 Å². The van der Waals surface area contributed by atoms with E-state index in [0.717, 1.165) is 34.9 Å². The number of nitro benzene ring substituents is 2. The Balaban J connectivity index is 0.000000210. The maximum absolute atomic E-state index is 12.3. The predicted octanol–water partition coefficient (Wildman–Crippen LogP) is 7.59. The van der Waals surface area contributed by atoms with Crippen LogP contribution >= 0.6 is 0 Å². The van der Waals surface area contributed by atoms with Crippen LogP contribution in [0.15, 0.2) is 146 Å². The summed E-state index contributed by atoms with van der Waals surface area (Å²) >= 11 is 0. The molecule has 12 nitrogen and oxygen atoms in total. The van der Waals surface area contributed by atoms with Crippen LogP contribution in [-0.2, 0) is 0 Å². The zero-order chi connectivity index (χ0) is 38.5. The minimum Gasteiger partial charge on any atom is -0.423 e. The molecule has 0 aromatic heterocycles. The molecule has 6 aromatic rings. The summed E-state index contributed by atoms with van der Waals surface area (Å²) in [5, 5.41) is 21.9. The van der Waals surface area contributed by atoms with Crippen molar-refractivity contribution in [1.82, 2.24) is 0 Å². The molecule has 0 fully saturated rings. The first-order valence-electron chi connectivity index (χ1n) is 15.9. The highest BCUT2D eigenvalue weighted by Crippen LogP contribution is 2.24. The highest BCUT2D eigenvalue weighted by atomic mass is 16.6. The third-order valence-electron chi connectivity index (χ3n) is 7.15. The van der Waals surface area contributed by atoms with Crippen LogP contribution in [0.25, 0.3) is 0 Å². The van der Waals surface area contributed by atoms with E-state index < -0.39 is 33.2 Å². The molecule has 0 saturated heterocycles. The van der Waals surface area contributed by atoms with Gasteiger partial charge in [-0.3, -0.25) is 20.2 Å². The smallest absolute Gasteiger partial charge is 0.344 e. The SMILES string of the molecule is Nc1cc(N)cc(C(=O)Oc2ccc(C#Cc3ccccc3)cc2)c1.O=C(Oc1ccc(C#Cc2ccccc2)cc1)c1cc([N+](=O)[O-])cc([N+](=O)[O-])c1. The molecule has 4 N–H and O–H groups in total. The lowest BCUT2D eigenvalue weighted by Crippen LogP contribution is -2.09. The number of nitrogens with two attached hydrogens (primary N) is 2. The van der Waals surface area contributed by atoms with Gasteiger partial charge in [0.15, 0.2) is 0 Å². The number of hydrogen-bond acceptors (Lipinski definition) is 10. The predicted molar refractivity (Wildman–Crippen MR) is 203 cm³/mol. The molecule has 264 valence electrons. The molecule has 0 bridgehead atoms. The van der Waals surface area contributed by atoms with Gasteiger partial charge in [0.2, 0.25) is 0 Å². The maximum atomic E-state index is 12.3. The maximum Gasteiger partial charge on any atom is 0.344 e. The van der Waals surface area contributed by atoms with Gasteiger partial charge in [0.05, 0.1) is 27.0 Å². The number of nitrogen functional groups attached to an aromatic ring is 2. The van der Waals surface area contributed by atoms with Crippen molar-refractivity contribution in [3.05, 3.63) is 199 Å². The molecule has 0 radical (unpaired) electrons. The van der Waals surface area contributed by atoms with Crippen LogP contribution in [-0.4, -0.2) is 21.8 Å². The minimum atomic E-state index is -0.945. The quantitative estimate of drug-likeness (QED) is 0.0433. The first kappa shape index (κ1) is 37.0. The number of ether oxygens (including phenoxy) is 2. The normalized spacial score (nSPS) is 9.78. The van der Waals surface area contributed by atoms with Crippen LogP contribution in [0.3, 0.4) is 0 Å². The monoisotopic (exact) mass is 716 g/mol. The third-order valence-corrected chi connectivity index (χ3v) is 7.15. The Labute approximate surface area is 308 Å². The summed E-state index contributed by atoms with van der Waals surface area (Å²) in [5.41, 5.74) is 14.4. The van der Waals surface area contributed by atoms with Crippen LogP contribution < -0.4 is 20.9 Å². The van der Waals surface area contributed by atoms with Gasteiger partial charge in [-0.05, 0) is 91.0 Å². The van der Waals surface area contributed by atoms with Crippen molar-refractivity contribution in [2.24, 2.45) is 0 Å². The van der Waals surface area contributed by atoms with E-state index in [-0.39, 0.29) is 11.3 Å². The summed E-state index contributed by atoms with van der Waals surface area (Å²) < 4.78 is 10.5. The van der Waals surface area contributed by atoms with Crippen LogP contribution in [0.1, 0.15) is 43.0 Å². The molecular weight excluding hydrogens is 688 g/mol. The Hall–Kier alpha value is -8.22. The van der Waals surface area contributed by atoms with Gasteiger partial charge < -0.3 is 20.9 Å². The Morgan fingerprint density at radius 1 is 0.463 bits per heavy atom. The first-order chi connectivity index (χ1) is 26.0. The van der Waals surface area contributed by atoms with Crippen molar-refractivity contribution in [3.63, 3.8) is 0 Å². The Morgan fingerprint density at radius 2 is 0.796 bits per heavy atom. The standard InChI is InChI=1S/C21H12N2O6.C21H16N2O2/c24-21(17-12-18(22(25)26)14-19(13-17)23(27)28)29-20-10-8-16(9-11-20)7-6-15-4-2-1-3-5-15;22-18-12-17(13-19(23)14-18)21(24)25-20-10-8-16(9-11-20)7-6-15-4-2-1-3-5-15/h1-5,8-14H;1-5,8-14H,22-23H2. The topological polar surface area (TPSA) is 191 Å². The summed E-state index contributed by atoms with van der Waals surface area (Å²) in [5.74, 6) is 11.3. The number of nitro groups is 2. The lowest BCUT2D eigenvalue weighted by Gasteiger charge is -2.06. The van der Waals surface area contributed by atoms with Crippen LogP contribution in [0.4, 0.5) is 22.7 Å². The molecule has 54 heavy (non-hydrogen) atoms. The molecule has 0 atom stereocenters. The second kappa shape index (κ2) is 17.6. The molecule has 0 unspecified atom stereocenters. The van der Waals surface area contributed by atoms with E-state index in [1.54, 1.807) is 42.5 Å². The van der Waals surface area contributed by atoms with Crippen LogP contribution in [0.2, 0.25) is 0 Å². The number of nitrogens with zero attached hydrogens (tertiary/aromatic N) is 2. The molecule has 0 heterocycles. The van der Waals surface area contributed by atoms with E-state index in [9.17, 15) is 29.8 Å². The largest absolute Gasteiger partial charge is 0.423 e. The van der Waals surface area contributed by atoms with Gasteiger partial charge in [-0.1, -0.05) is 60.1 Å². The van der Waals surface area contributed by atoms with E-state index in [1.807, 2.05) is 60.7 Å². The van der Waals surface area contributed by atoms with Gasteiger partial charge in [0, 0.05) is 45.8 Å². The molecule has 12 heteroatoms. The Morgan fingerprint density at radius 3 is 1.15 bits per heavy atom. The number of carbonyl (C=O) groups is 2. The van der Waals surface area contributed by atoms with Crippen molar-refractivity contribution < 1.29 is 28.9 Å². The number of hydrogen-bond donors (Lipinski definition) is 2. The number of anilines is 2. The van der Waals surface area contributed by atoms with Crippen LogP contribution in [0, 0.1) is 43.9 Å². The van der Waals surface area contributed by atoms with Gasteiger partial charge in [-0.15, -0.1) is 0 Å². The molecule has 6 rings (SSSR count). The lowest BCUT2D eigenvalue weighted by atomic mass is 10.1. The second-order valence-electron chi connectivity index (χ2n) is 11.2. The molecule has 0 aliphatic heterocycles. The first-order valence-corrected chi connectivity index (χ1v) is 15.9. The highest BCUT2D eigenvalue weighted by molar-refractivity contribution is 5.93. The van der Waals surface area contributed by atoms with Gasteiger partial charge in [-0.2, -0.15) is 0 Å². The zero-order valence-corrected chi connectivity index (χ0v) is 28.2. The minimum absolute atomic E-state index is 0.175. The van der Waals surface area contributed by atoms with Crippen molar-refractivity contribution in [1.29, 1.82) is 0 Å². The zero-order valence-electron chi connectivity index (χ0n) is 28.2. The highest BCUT2D eigenvalue weighted by Gasteiger charge is 2.21. The fraction of sp³-hybridized carbons (Fsp3) is 0. The van der Waals surface area contributed by atoms with E-state index in [1.165, 1.54) is 24.3 Å². The van der Waals surface area contributed by atoms with Gasteiger partial charge in [-0.25, -0.2) is 9.59 Å². The van der Waals surface area contributed by atoms with Crippen LogP contribution in [0.5, 0.6) is 11.5 Å². The fourth-order valence-corrected chi connectivity index (χ4v) is 4.59. The van der Waals surface area contributed by atoms with Crippen molar-refractivity contribution in [2.45, 2.75) is 0 Å². The average molecular weight is 717 g/mol. The summed E-state index contributed by atoms with van der Waals surface area (Å²) in [7, 11) is 0. The van der Waals surface area contributed by atoms with E-state index >= 15 is 0 Å². The Bertz CT molecular complexity index is 2390. The number of benzene rings is 6. The van der Waals surface area contributed by atoms with E-state index in [0.29, 0.717) is 28.3 Å². The average Bonchev–Trinajstić information content (AvgIpc) is 3.18. The molecule has 6 aromatic carbocycles. The molecule has 0 amide bonds. The number of rotatable bonds is 6. The fourth-order valence-electron chi connectivity index (χ4n) is 4.59. The lowest BCUT2D eigenvalue weighted by molar-refractivity contribution is -0.394. The summed E-state index contributed by atoms with van der Waals surface area (Å²) in [6, 6.07) is 39.7. The molecule has 0 aliphatic carbocycles. The summed E-state index contributed by atoms with van der Waals surface area (Å²) in [4.78, 5) is 44.6. The summed E-state index contributed by atoms with van der Waals surface area (Å²) in [6.45, 7) is 0. The van der Waals surface area contributed by atoms with Gasteiger partial charge in [0.1, 0.15) is 11.5 Å².